The zero-order valence-electron chi connectivity index (χ0n) is 14.1. The summed E-state index contributed by atoms with van der Waals surface area (Å²) in [6.45, 7) is 2.44. The van der Waals surface area contributed by atoms with E-state index in [4.69, 9.17) is 0 Å². The summed E-state index contributed by atoms with van der Waals surface area (Å²) in [4.78, 5) is 2.30. The number of fused-ring (bicyclic) bond motifs is 5. The Bertz CT molecular complexity index is 1020. The average molecular weight is 321 g/mol. The number of hydrogen-bond acceptors (Lipinski definition) is 1. The maximum absolute atomic E-state index is 2.30. The summed E-state index contributed by atoms with van der Waals surface area (Å²) in [6, 6.07) is 25.9. The van der Waals surface area contributed by atoms with Gasteiger partial charge in [0, 0.05) is 30.6 Å². The first-order valence-electron chi connectivity index (χ1n) is 8.67. The van der Waals surface area contributed by atoms with Gasteiger partial charge in [-0.1, -0.05) is 42.5 Å². The number of benzene rings is 2. The predicted octanol–water partition coefficient (Wildman–Crippen LogP) is 2.95. The zero-order chi connectivity index (χ0) is 16.8. The summed E-state index contributed by atoms with van der Waals surface area (Å²) in [6.07, 6.45) is 6.71. The van der Waals surface area contributed by atoms with Gasteiger partial charge >= 0.3 is 6.71 Å². The molecule has 0 atom stereocenters. The molecule has 0 unspecified atom stereocenters. The van der Waals surface area contributed by atoms with E-state index >= 15 is 0 Å². The van der Waals surface area contributed by atoms with Gasteiger partial charge in [-0.25, -0.2) is 0 Å². The van der Waals surface area contributed by atoms with Gasteiger partial charge in [-0.15, -0.1) is 0 Å². The number of nitrogens with zero attached hydrogens (tertiary/aromatic N) is 2. The van der Waals surface area contributed by atoms with Crippen LogP contribution in [0.2, 0.25) is 0 Å². The summed E-state index contributed by atoms with van der Waals surface area (Å²) in [5.41, 5.74) is 7.72. The molecule has 2 nitrogen and oxygen atoms in total. The number of hydrogen-bond donors (Lipinski definition) is 0. The molecule has 2 aromatic carbocycles. The monoisotopic (exact) mass is 321 g/mol. The van der Waals surface area contributed by atoms with Crippen LogP contribution in [0.25, 0.3) is 6.20 Å². The fourth-order valence-electron chi connectivity index (χ4n) is 3.95. The molecule has 0 radical (unpaired) electrons. The Balaban J connectivity index is 1.76. The van der Waals surface area contributed by atoms with Gasteiger partial charge in [0.25, 0.3) is 0 Å². The van der Waals surface area contributed by atoms with E-state index in [0.717, 1.165) is 0 Å². The average Bonchev–Trinajstić information content (AvgIpc) is 2.68. The second-order valence-electron chi connectivity index (χ2n) is 6.60. The molecule has 3 heterocycles. The number of aryl methyl sites for hydroxylation is 1. The van der Waals surface area contributed by atoms with E-state index in [0.29, 0.717) is 0 Å². The lowest BCUT2D eigenvalue weighted by atomic mass is 9.36. The molecule has 0 fully saturated rings. The highest BCUT2D eigenvalue weighted by atomic mass is 15.1. The standard InChI is InChI=1S/C22H18BN2/c1-17-8-7-13-22-23-18(14-15-24(17)22)16-25(19-9-3-2-4-10-19)21-12-6-5-11-20(21)23/h2-16H,1H3/q+1. The molecule has 0 saturated heterocycles. The van der Waals surface area contributed by atoms with E-state index in [1.54, 1.807) is 0 Å². The number of para-hydroxylation sites is 2. The smallest absolute Gasteiger partial charge is 0.318 e. The molecule has 25 heavy (non-hydrogen) atoms. The molecule has 2 aliphatic rings. The summed E-state index contributed by atoms with van der Waals surface area (Å²) in [5, 5.41) is 0. The SMILES string of the molecule is Cc1cccc2[n+]1C=CC1=CN(c3ccccc3)c3ccccc3B12. The van der Waals surface area contributed by atoms with Crippen molar-refractivity contribution in [2.45, 2.75) is 6.92 Å². The first kappa shape index (κ1) is 14.3. The normalized spacial score (nSPS) is 14.5. The Morgan fingerprint density at radius 2 is 1.64 bits per heavy atom. The third kappa shape index (κ3) is 2.16. The summed E-state index contributed by atoms with van der Waals surface area (Å²) in [5.74, 6) is 0. The summed E-state index contributed by atoms with van der Waals surface area (Å²) in [7, 11) is 0. The molecule has 0 bridgehead atoms. The second-order valence-corrected chi connectivity index (χ2v) is 6.60. The molecular formula is C22H18BN2+. The lowest BCUT2D eigenvalue weighted by molar-refractivity contribution is -0.557. The minimum atomic E-state index is 0.279. The van der Waals surface area contributed by atoms with Gasteiger partial charge in [-0.2, -0.15) is 4.57 Å². The van der Waals surface area contributed by atoms with Gasteiger partial charge in [0.2, 0.25) is 0 Å². The molecule has 0 spiro atoms. The molecule has 2 aliphatic heterocycles. The van der Waals surface area contributed by atoms with E-state index in [1.807, 2.05) is 0 Å². The Labute approximate surface area is 148 Å². The number of aromatic nitrogens is 1. The van der Waals surface area contributed by atoms with Crippen LogP contribution in [0.1, 0.15) is 5.69 Å². The van der Waals surface area contributed by atoms with Crippen LogP contribution in [-0.4, -0.2) is 6.71 Å². The quantitative estimate of drug-likeness (QED) is 0.494. The van der Waals surface area contributed by atoms with Crippen molar-refractivity contribution in [3.8, 4) is 0 Å². The number of anilines is 2. The minimum absolute atomic E-state index is 0.279. The fourth-order valence-corrected chi connectivity index (χ4v) is 3.95. The van der Waals surface area contributed by atoms with Gasteiger partial charge in [-0.3, -0.25) is 0 Å². The lowest BCUT2D eigenvalue weighted by Crippen LogP contribution is -2.63. The van der Waals surface area contributed by atoms with Gasteiger partial charge in [0.05, 0.1) is 0 Å². The lowest BCUT2D eigenvalue weighted by Gasteiger charge is -2.32. The van der Waals surface area contributed by atoms with Crippen LogP contribution in [0.15, 0.2) is 90.5 Å². The second kappa shape index (κ2) is 5.49. The van der Waals surface area contributed by atoms with Crippen molar-refractivity contribution in [3.05, 3.63) is 96.2 Å². The first-order chi connectivity index (χ1) is 12.3. The highest BCUT2D eigenvalue weighted by molar-refractivity contribution is 6.92. The number of allylic oxidation sites excluding steroid dienone is 2. The highest BCUT2D eigenvalue weighted by Crippen LogP contribution is 2.30. The van der Waals surface area contributed by atoms with Crippen LogP contribution in [0, 0.1) is 6.92 Å². The molecule has 3 heteroatoms. The fraction of sp³-hybridized carbons (Fsp3) is 0.0455. The van der Waals surface area contributed by atoms with Crippen molar-refractivity contribution in [3.63, 3.8) is 0 Å². The maximum atomic E-state index is 2.30. The largest absolute Gasteiger partial charge is 0.330 e. The zero-order valence-corrected chi connectivity index (χ0v) is 14.1. The van der Waals surface area contributed by atoms with Crippen molar-refractivity contribution in [2.75, 3.05) is 4.90 Å². The van der Waals surface area contributed by atoms with Crippen molar-refractivity contribution >= 4 is 35.3 Å². The van der Waals surface area contributed by atoms with Crippen LogP contribution in [-0.2, 0) is 0 Å². The van der Waals surface area contributed by atoms with E-state index in [-0.39, 0.29) is 6.71 Å². The molecule has 5 rings (SSSR count). The maximum Gasteiger partial charge on any atom is 0.330 e. The summed E-state index contributed by atoms with van der Waals surface area (Å²) >= 11 is 0. The Hall–Kier alpha value is -3.07. The molecule has 1 aromatic heterocycles. The first-order valence-corrected chi connectivity index (χ1v) is 8.67. The van der Waals surface area contributed by atoms with Crippen molar-refractivity contribution in [1.29, 1.82) is 0 Å². The third-order valence-electron chi connectivity index (χ3n) is 5.13. The Morgan fingerprint density at radius 1 is 0.840 bits per heavy atom. The minimum Gasteiger partial charge on any atom is -0.318 e. The van der Waals surface area contributed by atoms with Crippen LogP contribution in [0.5, 0.6) is 0 Å². The highest BCUT2D eigenvalue weighted by Gasteiger charge is 2.39. The van der Waals surface area contributed by atoms with Gasteiger partial charge in [-0.05, 0) is 41.3 Å². The van der Waals surface area contributed by atoms with Gasteiger partial charge < -0.3 is 4.90 Å². The number of pyridine rings is 1. The van der Waals surface area contributed by atoms with Crippen LogP contribution < -0.4 is 20.5 Å². The molecule has 0 saturated carbocycles. The van der Waals surface area contributed by atoms with E-state index in [2.05, 4.69) is 108 Å². The molecule has 118 valence electrons. The van der Waals surface area contributed by atoms with Gasteiger partial charge in [0.15, 0.2) is 17.5 Å². The molecule has 0 aliphatic carbocycles. The Kier molecular flexibility index (Phi) is 3.14. The van der Waals surface area contributed by atoms with Crippen molar-refractivity contribution in [2.24, 2.45) is 0 Å². The molecular weight excluding hydrogens is 303 g/mol. The van der Waals surface area contributed by atoms with Crippen LogP contribution in [0.4, 0.5) is 11.4 Å². The predicted molar refractivity (Wildman–Crippen MR) is 105 cm³/mol. The number of rotatable bonds is 1. The van der Waals surface area contributed by atoms with Crippen molar-refractivity contribution in [1.82, 2.24) is 0 Å². The van der Waals surface area contributed by atoms with Crippen molar-refractivity contribution < 1.29 is 4.57 Å². The van der Waals surface area contributed by atoms with E-state index in [1.165, 1.54) is 33.6 Å². The van der Waals surface area contributed by atoms with Gasteiger partial charge in [0.1, 0.15) is 0 Å². The molecule has 3 aromatic rings. The topological polar surface area (TPSA) is 7.12 Å². The molecule has 0 N–H and O–H groups in total. The Morgan fingerprint density at radius 3 is 2.52 bits per heavy atom. The van der Waals surface area contributed by atoms with E-state index < -0.39 is 0 Å². The molecule has 0 amide bonds. The van der Waals surface area contributed by atoms with Crippen LogP contribution >= 0.6 is 0 Å². The van der Waals surface area contributed by atoms with E-state index in [9.17, 15) is 0 Å². The van der Waals surface area contributed by atoms with Crippen LogP contribution in [0.3, 0.4) is 0 Å². The third-order valence-corrected chi connectivity index (χ3v) is 5.13. The summed E-state index contributed by atoms with van der Waals surface area (Å²) < 4.78 is 2.30.